The average Bonchev–Trinajstić information content (AvgIpc) is 2.21. The van der Waals surface area contributed by atoms with E-state index in [1.54, 1.807) is 0 Å². The molecule has 1 nitrogen and oxygen atoms in total. The second-order valence-corrected chi connectivity index (χ2v) is 3.42. The molecule has 0 spiro atoms. The van der Waals surface area contributed by atoms with Gasteiger partial charge in [0.1, 0.15) is 0 Å². The molecular formula is C13H12N. The maximum absolute atomic E-state index is 4.36. The first kappa shape index (κ1) is 8.95. The van der Waals surface area contributed by atoms with Crippen LogP contribution in [0.15, 0.2) is 42.6 Å². The lowest BCUT2D eigenvalue weighted by atomic mass is 10.1. The van der Waals surface area contributed by atoms with Crippen molar-refractivity contribution in [2.24, 2.45) is 0 Å². The molecule has 0 unspecified atom stereocenters. The molecule has 0 aliphatic heterocycles. The van der Waals surface area contributed by atoms with E-state index in [0.717, 1.165) is 16.8 Å². The Morgan fingerprint density at radius 1 is 1.00 bits per heavy atom. The molecule has 0 N–H and O–H groups in total. The summed E-state index contributed by atoms with van der Waals surface area (Å²) in [4.78, 5) is 4.36. The van der Waals surface area contributed by atoms with Crippen LogP contribution in [0.4, 0.5) is 0 Å². The molecule has 0 aliphatic rings. The van der Waals surface area contributed by atoms with E-state index in [2.05, 4.69) is 18.0 Å². The molecule has 0 fully saturated rings. The predicted molar refractivity (Wildman–Crippen MR) is 58.9 cm³/mol. The smallest absolute Gasteiger partial charge is 0.0702 e. The van der Waals surface area contributed by atoms with Crippen LogP contribution in [0.5, 0.6) is 0 Å². The first-order chi connectivity index (χ1) is 6.75. The maximum Gasteiger partial charge on any atom is 0.0702 e. The van der Waals surface area contributed by atoms with Crippen molar-refractivity contribution < 1.29 is 0 Å². The van der Waals surface area contributed by atoms with Crippen molar-refractivity contribution >= 4 is 0 Å². The monoisotopic (exact) mass is 182 g/mol. The van der Waals surface area contributed by atoms with Crippen LogP contribution in [0.2, 0.25) is 0 Å². The molecule has 1 aromatic carbocycles. The molecule has 1 heteroatoms. The van der Waals surface area contributed by atoms with Crippen molar-refractivity contribution in [2.75, 3.05) is 0 Å². The number of rotatable bonds is 1. The molecule has 0 atom stereocenters. The van der Waals surface area contributed by atoms with Gasteiger partial charge in [-0.25, -0.2) is 0 Å². The highest BCUT2D eigenvalue weighted by molar-refractivity contribution is 5.59. The van der Waals surface area contributed by atoms with Gasteiger partial charge in [0.05, 0.1) is 5.69 Å². The topological polar surface area (TPSA) is 12.9 Å². The molecule has 1 heterocycles. The van der Waals surface area contributed by atoms with E-state index in [4.69, 9.17) is 0 Å². The number of pyridine rings is 1. The van der Waals surface area contributed by atoms with E-state index in [9.17, 15) is 0 Å². The fraction of sp³-hybridized carbons (Fsp3) is 0.0769. The van der Waals surface area contributed by atoms with E-state index in [1.807, 2.05) is 43.5 Å². The first-order valence-electron chi connectivity index (χ1n) is 4.61. The molecule has 0 saturated carbocycles. The fourth-order valence-electron chi connectivity index (χ4n) is 1.31. The van der Waals surface area contributed by atoms with Gasteiger partial charge in [0, 0.05) is 11.8 Å². The zero-order chi connectivity index (χ0) is 9.97. The van der Waals surface area contributed by atoms with Crippen LogP contribution in [0.25, 0.3) is 11.3 Å². The molecule has 1 aromatic heterocycles. The number of benzene rings is 1. The summed E-state index contributed by atoms with van der Waals surface area (Å²) < 4.78 is 0. The molecule has 0 aliphatic carbocycles. The third-order valence-electron chi connectivity index (χ3n) is 2.16. The Morgan fingerprint density at radius 3 is 2.29 bits per heavy atom. The number of aryl methyl sites for hydroxylation is 1. The average molecular weight is 182 g/mol. The Balaban J connectivity index is 2.40. The quantitative estimate of drug-likeness (QED) is 0.659. The van der Waals surface area contributed by atoms with Gasteiger partial charge in [-0.15, -0.1) is 0 Å². The highest BCUT2D eigenvalue weighted by Crippen LogP contribution is 2.17. The summed E-state index contributed by atoms with van der Waals surface area (Å²) >= 11 is 0. The van der Waals surface area contributed by atoms with Crippen LogP contribution in [0.3, 0.4) is 0 Å². The molecule has 2 rings (SSSR count). The van der Waals surface area contributed by atoms with E-state index in [0.29, 0.717) is 0 Å². The van der Waals surface area contributed by atoms with Gasteiger partial charge in [-0.3, -0.25) is 4.98 Å². The van der Waals surface area contributed by atoms with Crippen molar-refractivity contribution in [3.05, 3.63) is 60.6 Å². The van der Waals surface area contributed by atoms with Gasteiger partial charge in [0.2, 0.25) is 0 Å². The number of hydrogen-bond donors (Lipinski definition) is 0. The Kier molecular flexibility index (Phi) is 2.32. The summed E-state index contributed by atoms with van der Waals surface area (Å²) in [6.45, 7) is 5.89. The van der Waals surface area contributed by atoms with Crippen LogP contribution in [-0.2, 0) is 0 Å². The summed E-state index contributed by atoms with van der Waals surface area (Å²) in [5, 5.41) is 0. The minimum Gasteiger partial charge on any atom is -0.256 e. The van der Waals surface area contributed by atoms with Crippen molar-refractivity contribution in [1.29, 1.82) is 0 Å². The second kappa shape index (κ2) is 3.62. The standard InChI is InChI=1S/C13H12N/c1-10-3-6-12(7-4-10)13-8-5-11(2)9-14-13/h3-9H,1H2,2H3. The second-order valence-electron chi connectivity index (χ2n) is 3.42. The third kappa shape index (κ3) is 1.82. The van der Waals surface area contributed by atoms with Gasteiger partial charge in [-0.2, -0.15) is 0 Å². The third-order valence-corrected chi connectivity index (χ3v) is 2.16. The lowest BCUT2D eigenvalue weighted by Gasteiger charge is -2.01. The zero-order valence-corrected chi connectivity index (χ0v) is 8.20. The van der Waals surface area contributed by atoms with Gasteiger partial charge < -0.3 is 0 Å². The summed E-state index contributed by atoms with van der Waals surface area (Å²) in [5.74, 6) is 0. The molecule has 1 radical (unpaired) electrons. The Morgan fingerprint density at radius 2 is 1.71 bits per heavy atom. The van der Waals surface area contributed by atoms with E-state index >= 15 is 0 Å². The number of nitrogens with zero attached hydrogens (tertiary/aromatic N) is 1. The molecule has 0 saturated heterocycles. The van der Waals surface area contributed by atoms with Crippen LogP contribution in [-0.4, -0.2) is 4.98 Å². The van der Waals surface area contributed by atoms with E-state index in [1.165, 1.54) is 5.56 Å². The van der Waals surface area contributed by atoms with Crippen LogP contribution < -0.4 is 0 Å². The van der Waals surface area contributed by atoms with Crippen molar-refractivity contribution in [3.63, 3.8) is 0 Å². The molecule has 69 valence electrons. The van der Waals surface area contributed by atoms with Gasteiger partial charge in [0.15, 0.2) is 0 Å². The van der Waals surface area contributed by atoms with Crippen LogP contribution >= 0.6 is 0 Å². The predicted octanol–water partition coefficient (Wildman–Crippen LogP) is 3.24. The Labute approximate surface area is 84.4 Å². The Hall–Kier alpha value is -1.63. The largest absolute Gasteiger partial charge is 0.256 e. The highest BCUT2D eigenvalue weighted by Gasteiger charge is 1.97. The number of aromatic nitrogens is 1. The summed E-state index contributed by atoms with van der Waals surface area (Å²) in [7, 11) is 0. The minimum absolute atomic E-state index is 1.01. The molecule has 0 amide bonds. The van der Waals surface area contributed by atoms with Gasteiger partial charge in [-0.05, 0) is 31.0 Å². The normalized spacial score (nSPS) is 10.1. The first-order valence-corrected chi connectivity index (χ1v) is 4.61. The van der Waals surface area contributed by atoms with Crippen molar-refractivity contribution in [1.82, 2.24) is 4.98 Å². The SMILES string of the molecule is [CH2]c1ccc(-c2ccc(C)cn2)cc1. The zero-order valence-electron chi connectivity index (χ0n) is 8.20. The molecule has 2 aromatic rings. The van der Waals surface area contributed by atoms with E-state index < -0.39 is 0 Å². The maximum atomic E-state index is 4.36. The van der Waals surface area contributed by atoms with E-state index in [-0.39, 0.29) is 0 Å². The lowest BCUT2D eigenvalue weighted by molar-refractivity contribution is 1.27. The summed E-state index contributed by atoms with van der Waals surface area (Å²) in [6.07, 6.45) is 1.88. The molecule has 0 bridgehead atoms. The van der Waals surface area contributed by atoms with Crippen LogP contribution in [0, 0.1) is 13.8 Å². The van der Waals surface area contributed by atoms with Gasteiger partial charge in [0.25, 0.3) is 0 Å². The molecular weight excluding hydrogens is 170 g/mol. The lowest BCUT2D eigenvalue weighted by Crippen LogP contribution is -1.83. The summed E-state index contributed by atoms with van der Waals surface area (Å²) in [5.41, 5.74) is 4.36. The van der Waals surface area contributed by atoms with Gasteiger partial charge >= 0.3 is 0 Å². The fourth-order valence-corrected chi connectivity index (χ4v) is 1.31. The highest BCUT2D eigenvalue weighted by atomic mass is 14.7. The number of hydrogen-bond acceptors (Lipinski definition) is 1. The summed E-state index contributed by atoms with van der Waals surface area (Å²) in [6, 6.07) is 12.2. The van der Waals surface area contributed by atoms with Crippen molar-refractivity contribution in [3.8, 4) is 11.3 Å². The molecule has 14 heavy (non-hydrogen) atoms. The Bertz CT molecular complexity index is 368. The van der Waals surface area contributed by atoms with Gasteiger partial charge in [-0.1, -0.05) is 30.3 Å². The van der Waals surface area contributed by atoms with Crippen LogP contribution in [0.1, 0.15) is 11.1 Å². The minimum atomic E-state index is 1.01. The van der Waals surface area contributed by atoms with Crippen molar-refractivity contribution in [2.45, 2.75) is 6.92 Å².